The first-order chi connectivity index (χ1) is 15.0. The molecule has 6 N–H and O–H groups in total. The number of carbonyl (C=O) groups is 2. The first-order valence-electron chi connectivity index (χ1n) is 9.31. The van der Waals surface area contributed by atoms with Crippen LogP contribution in [0.1, 0.15) is 35.5 Å². The monoisotopic (exact) mass is 462 g/mol. The number of pyridine rings is 1. The van der Waals surface area contributed by atoms with Crippen molar-refractivity contribution in [1.29, 1.82) is 0 Å². The molecule has 0 fully saturated rings. The number of hydrogen-bond acceptors (Lipinski definition) is 6. The normalized spacial score (nSPS) is 11.3. The fraction of sp³-hybridized carbons (Fsp3) is 0.190. The molecule has 2 amide bonds. The smallest absolute Gasteiger partial charge is 0.404 e. The molecular weight excluding hydrogens is 442 g/mol. The lowest BCUT2D eigenvalue weighted by molar-refractivity contribution is 0.0778. The molecule has 0 aliphatic rings. The highest BCUT2D eigenvalue weighted by atomic mass is 32.1. The van der Waals surface area contributed by atoms with E-state index in [0.29, 0.717) is 5.69 Å². The number of thiophene rings is 1. The van der Waals surface area contributed by atoms with Gasteiger partial charge in [0.15, 0.2) is 0 Å². The van der Waals surface area contributed by atoms with Crippen molar-refractivity contribution in [2.75, 3.05) is 5.32 Å². The number of amides is 2. The Morgan fingerprint density at radius 1 is 1.19 bits per heavy atom. The van der Waals surface area contributed by atoms with Gasteiger partial charge in [-0.05, 0) is 49.7 Å². The zero-order chi connectivity index (χ0) is 23.6. The standard InChI is InChI=1S/C21H20F2N4O4S/c1-21(2,31)10-6-13(22)17(14(23)7-10)15-8-12(18(24)28)19(32-15)27-16-5-3-4-11(26-16)9-25-20(29)30/h3-8,25,31H,9H2,1-2H3,(H2,24,28)(H,26,27)(H,29,30). The molecule has 168 valence electrons. The molecule has 0 radical (unpaired) electrons. The molecule has 0 aliphatic heterocycles. The Kier molecular flexibility index (Phi) is 6.42. The van der Waals surface area contributed by atoms with Crippen LogP contribution in [0, 0.1) is 11.6 Å². The quantitative estimate of drug-likeness (QED) is 0.361. The highest BCUT2D eigenvalue weighted by molar-refractivity contribution is 7.20. The van der Waals surface area contributed by atoms with Gasteiger partial charge in [-0.25, -0.2) is 18.6 Å². The van der Waals surface area contributed by atoms with Gasteiger partial charge in [0.2, 0.25) is 0 Å². The van der Waals surface area contributed by atoms with Crippen LogP contribution in [0.25, 0.3) is 10.4 Å². The van der Waals surface area contributed by atoms with E-state index in [1.165, 1.54) is 19.9 Å². The highest BCUT2D eigenvalue weighted by Gasteiger charge is 2.24. The molecule has 2 heterocycles. The number of primary amides is 1. The minimum absolute atomic E-state index is 0.00577. The summed E-state index contributed by atoms with van der Waals surface area (Å²) in [5.41, 5.74) is 4.13. The fourth-order valence-corrected chi connectivity index (χ4v) is 4.00. The van der Waals surface area contributed by atoms with E-state index in [-0.39, 0.29) is 38.9 Å². The number of aromatic nitrogens is 1. The van der Waals surface area contributed by atoms with E-state index in [1.807, 2.05) is 0 Å². The Bertz CT molecular complexity index is 1170. The maximum atomic E-state index is 14.8. The summed E-state index contributed by atoms with van der Waals surface area (Å²) in [6.07, 6.45) is -1.20. The molecule has 1 aromatic carbocycles. The number of nitrogens with one attached hydrogen (secondary N) is 2. The van der Waals surface area contributed by atoms with Crippen LogP contribution in [0.3, 0.4) is 0 Å². The zero-order valence-corrected chi connectivity index (χ0v) is 17.9. The van der Waals surface area contributed by atoms with Crippen LogP contribution < -0.4 is 16.4 Å². The number of carbonyl (C=O) groups excluding carboxylic acids is 1. The van der Waals surface area contributed by atoms with Crippen LogP contribution in [0.2, 0.25) is 0 Å². The van der Waals surface area contributed by atoms with Gasteiger partial charge in [-0.3, -0.25) is 4.79 Å². The van der Waals surface area contributed by atoms with Gasteiger partial charge in [-0.2, -0.15) is 0 Å². The van der Waals surface area contributed by atoms with Crippen molar-refractivity contribution in [3.8, 4) is 10.4 Å². The lowest BCUT2D eigenvalue weighted by Crippen LogP contribution is -2.20. The van der Waals surface area contributed by atoms with Gasteiger partial charge in [0.05, 0.1) is 29.0 Å². The van der Waals surface area contributed by atoms with Gasteiger partial charge in [-0.1, -0.05) is 6.07 Å². The largest absolute Gasteiger partial charge is 0.465 e. The first-order valence-corrected chi connectivity index (χ1v) is 10.1. The summed E-state index contributed by atoms with van der Waals surface area (Å²) in [5.74, 6) is -2.33. The third-order valence-electron chi connectivity index (χ3n) is 4.46. The molecule has 0 saturated carbocycles. The summed E-state index contributed by atoms with van der Waals surface area (Å²) in [4.78, 5) is 26.9. The molecule has 8 nitrogen and oxygen atoms in total. The molecule has 0 bridgehead atoms. The van der Waals surface area contributed by atoms with Gasteiger partial charge in [0.1, 0.15) is 22.5 Å². The van der Waals surface area contributed by atoms with E-state index in [4.69, 9.17) is 10.8 Å². The van der Waals surface area contributed by atoms with Crippen LogP contribution in [0.5, 0.6) is 0 Å². The van der Waals surface area contributed by atoms with Crippen molar-refractivity contribution < 1.29 is 28.6 Å². The topological polar surface area (TPSA) is 138 Å². The fourth-order valence-electron chi connectivity index (χ4n) is 2.88. The number of aliphatic hydroxyl groups is 1. The number of halogens is 2. The zero-order valence-electron chi connectivity index (χ0n) is 17.1. The molecule has 32 heavy (non-hydrogen) atoms. The molecular formula is C21H20F2N4O4S. The van der Waals surface area contributed by atoms with Crippen LogP contribution in [-0.2, 0) is 12.1 Å². The number of carboxylic acid groups (broad SMARTS) is 1. The number of benzene rings is 1. The Hall–Kier alpha value is -3.57. The number of nitrogens with two attached hydrogens (primary N) is 1. The third-order valence-corrected chi connectivity index (χ3v) is 5.53. The lowest BCUT2D eigenvalue weighted by atomic mass is 9.96. The van der Waals surface area contributed by atoms with Gasteiger partial charge in [0.25, 0.3) is 5.91 Å². The van der Waals surface area contributed by atoms with E-state index >= 15 is 0 Å². The maximum absolute atomic E-state index is 14.8. The average Bonchev–Trinajstić information content (AvgIpc) is 3.09. The Balaban J connectivity index is 1.98. The minimum atomic E-state index is -1.44. The van der Waals surface area contributed by atoms with Gasteiger partial charge < -0.3 is 26.6 Å². The number of anilines is 2. The van der Waals surface area contributed by atoms with Crippen molar-refractivity contribution in [2.24, 2.45) is 5.73 Å². The molecule has 0 atom stereocenters. The van der Waals surface area contributed by atoms with Crippen molar-refractivity contribution in [2.45, 2.75) is 26.0 Å². The third kappa shape index (κ3) is 5.18. The summed E-state index contributed by atoms with van der Waals surface area (Å²) in [5, 5.41) is 24.0. The van der Waals surface area contributed by atoms with E-state index in [0.717, 1.165) is 23.5 Å². The lowest BCUT2D eigenvalue weighted by Gasteiger charge is -2.18. The van der Waals surface area contributed by atoms with E-state index in [1.54, 1.807) is 18.2 Å². The number of hydrogen-bond donors (Lipinski definition) is 5. The average molecular weight is 462 g/mol. The molecule has 0 unspecified atom stereocenters. The molecule has 0 aliphatic carbocycles. The van der Waals surface area contributed by atoms with Crippen LogP contribution in [-0.4, -0.2) is 27.2 Å². The Morgan fingerprint density at radius 3 is 2.41 bits per heavy atom. The van der Waals surface area contributed by atoms with Crippen molar-refractivity contribution >= 4 is 34.2 Å². The molecule has 11 heteroatoms. The van der Waals surface area contributed by atoms with Gasteiger partial charge >= 0.3 is 6.09 Å². The first kappa shape index (κ1) is 23.1. The van der Waals surface area contributed by atoms with Gasteiger partial charge in [-0.15, -0.1) is 11.3 Å². The second-order valence-electron chi connectivity index (χ2n) is 7.39. The second kappa shape index (κ2) is 8.89. The summed E-state index contributed by atoms with van der Waals surface area (Å²) >= 11 is 0.897. The maximum Gasteiger partial charge on any atom is 0.404 e. The SMILES string of the molecule is CC(C)(O)c1cc(F)c(-c2cc(C(N)=O)c(Nc3cccc(CNC(=O)O)n3)s2)c(F)c1. The Labute approximate surface area is 185 Å². The van der Waals surface area contributed by atoms with Crippen molar-refractivity contribution in [3.05, 3.63) is 64.9 Å². The van der Waals surface area contributed by atoms with E-state index in [2.05, 4.69) is 15.6 Å². The molecule has 3 aromatic rings. The predicted molar refractivity (Wildman–Crippen MR) is 116 cm³/mol. The van der Waals surface area contributed by atoms with Crippen LogP contribution in [0.4, 0.5) is 24.4 Å². The summed E-state index contributed by atoms with van der Waals surface area (Å²) in [6.45, 7) is 2.78. The molecule has 0 saturated heterocycles. The van der Waals surface area contributed by atoms with Crippen molar-refractivity contribution in [3.63, 3.8) is 0 Å². The molecule has 3 rings (SSSR count). The predicted octanol–water partition coefficient (Wildman–Crippen LogP) is 3.93. The van der Waals surface area contributed by atoms with Crippen LogP contribution in [0.15, 0.2) is 36.4 Å². The Morgan fingerprint density at radius 2 is 1.84 bits per heavy atom. The summed E-state index contributed by atoms with van der Waals surface area (Å²) in [7, 11) is 0. The molecule has 0 spiro atoms. The summed E-state index contributed by atoms with van der Waals surface area (Å²) in [6, 6.07) is 8.15. The number of rotatable bonds is 7. The summed E-state index contributed by atoms with van der Waals surface area (Å²) < 4.78 is 29.5. The van der Waals surface area contributed by atoms with E-state index in [9.17, 15) is 23.5 Å². The van der Waals surface area contributed by atoms with E-state index < -0.39 is 29.2 Å². The number of nitrogens with zero attached hydrogens (tertiary/aromatic N) is 1. The highest BCUT2D eigenvalue weighted by Crippen LogP contribution is 2.40. The van der Waals surface area contributed by atoms with Crippen LogP contribution >= 0.6 is 11.3 Å². The minimum Gasteiger partial charge on any atom is -0.465 e. The second-order valence-corrected chi connectivity index (χ2v) is 8.44. The van der Waals surface area contributed by atoms with Crippen molar-refractivity contribution in [1.82, 2.24) is 10.3 Å². The molecule has 2 aromatic heterocycles. The van der Waals surface area contributed by atoms with Gasteiger partial charge in [0, 0.05) is 4.88 Å².